The van der Waals surface area contributed by atoms with Gasteiger partial charge in [-0.2, -0.15) is 18.4 Å². The van der Waals surface area contributed by atoms with E-state index in [0.717, 1.165) is 18.1 Å². The molecule has 1 aromatic heterocycles. The van der Waals surface area contributed by atoms with Gasteiger partial charge >= 0.3 is 6.18 Å². The topological polar surface area (TPSA) is 49.2 Å². The van der Waals surface area contributed by atoms with Crippen LogP contribution in [0, 0.1) is 11.3 Å². The van der Waals surface area contributed by atoms with E-state index in [1.165, 1.54) is 6.07 Å². The van der Waals surface area contributed by atoms with Crippen LogP contribution >= 0.6 is 0 Å². The molecule has 0 amide bonds. The summed E-state index contributed by atoms with van der Waals surface area (Å²) in [5.74, 6) is 0. The first-order valence-corrected chi connectivity index (χ1v) is 8.83. The Kier molecular flexibility index (Phi) is 5.66. The fraction of sp³-hybridized carbons (Fsp3) is 0.400. The lowest BCUT2D eigenvalue weighted by Crippen LogP contribution is -2.40. The highest BCUT2D eigenvalue weighted by Gasteiger charge is 2.35. The Hall–Kier alpha value is -2.59. The summed E-state index contributed by atoms with van der Waals surface area (Å²) >= 11 is 0. The number of nitrogens with zero attached hydrogens (tertiary/aromatic N) is 3. The second kappa shape index (κ2) is 7.97. The maximum atomic E-state index is 13.3. The molecular formula is C20H20F3N3O. The molecule has 0 bridgehead atoms. The lowest BCUT2D eigenvalue weighted by Gasteiger charge is -2.38. The van der Waals surface area contributed by atoms with Crippen molar-refractivity contribution in [3.8, 4) is 6.07 Å². The average Bonchev–Trinajstić information content (AvgIpc) is 2.69. The van der Waals surface area contributed by atoms with Gasteiger partial charge in [-0.15, -0.1) is 0 Å². The first-order chi connectivity index (χ1) is 12.9. The molecule has 2 unspecified atom stereocenters. The molecule has 1 aliphatic heterocycles. The third-order valence-electron chi connectivity index (χ3n) is 4.85. The summed E-state index contributed by atoms with van der Waals surface area (Å²) in [4.78, 5) is 6.08. The fourth-order valence-corrected chi connectivity index (χ4v) is 3.56. The van der Waals surface area contributed by atoms with Gasteiger partial charge in [-0.3, -0.25) is 4.98 Å². The molecule has 3 rings (SSSR count). The molecule has 2 aromatic rings. The van der Waals surface area contributed by atoms with Crippen LogP contribution in [0.2, 0.25) is 0 Å². The minimum atomic E-state index is -4.56. The minimum Gasteiger partial charge on any atom is -0.373 e. The van der Waals surface area contributed by atoms with E-state index < -0.39 is 11.7 Å². The number of pyridine rings is 1. The van der Waals surface area contributed by atoms with E-state index >= 15 is 0 Å². The molecule has 1 aliphatic rings. The fourth-order valence-electron chi connectivity index (χ4n) is 3.56. The Bertz CT molecular complexity index is 817. The maximum absolute atomic E-state index is 13.3. The quantitative estimate of drug-likeness (QED) is 0.776. The van der Waals surface area contributed by atoms with E-state index in [1.807, 2.05) is 24.0 Å². The van der Waals surface area contributed by atoms with E-state index in [0.29, 0.717) is 25.3 Å². The SMILES string of the molecule is CCN(c1ccc(C#N)c(C(F)(F)F)c1)C1CCOC(c2cccnc2)C1. The first kappa shape index (κ1) is 19.2. The number of hydrogen-bond acceptors (Lipinski definition) is 4. The monoisotopic (exact) mass is 375 g/mol. The third kappa shape index (κ3) is 4.22. The molecule has 0 N–H and O–H groups in total. The number of aromatic nitrogens is 1. The molecule has 1 aromatic carbocycles. The number of benzene rings is 1. The molecule has 2 atom stereocenters. The number of ether oxygens (including phenoxy) is 1. The van der Waals surface area contributed by atoms with E-state index in [-0.39, 0.29) is 17.7 Å². The Balaban J connectivity index is 1.87. The van der Waals surface area contributed by atoms with E-state index in [9.17, 15) is 13.2 Å². The summed E-state index contributed by atoms with van der Waals surface area (Å²) in [6.45, 7) is 3.01. The van der Waals surface area contributed by atoms with Crippen LogP contribution in [0.1, 0.15) is 42.6 Å². The van der Waals surface area contributed by atoms with E-state index in [1.54, 1.807) is 24.5 Å². The van der Waals surface area contributed by atoms with Crippen molar-refractivity contribution in [2.75, 3.05) is 18.1 Å². The van der Waals surface area contributed by atoms with Crippen molar-refractivity contribution in [2.45, 2.75) is 38.1 Å². The number of hydrogen-bond donors (Lipinski definition) is 0. The smallest absolute Gasteiger partial charge is 0.373 e. The molecule has 0 radical (unpaired) electrons. The normalized spacial score (nSPS) is 20.1. The summed E-state index contributed by atoms with van der Waals surface area (Å²) in [6, 6.07) is 9.38. The standard InChI is InChI=1S/C20H20F3N3O/c1-2-26(16-6-5-14(12-24)18(10-16)20(21,22)23)17-7-9-27-19(11-17)15-4-3-8-25-13-15/h3-6,8,10,13,17,19H,2,7,9,11H2,1H3. The van der Waals surface area contributed by atoms with Crippen molar-refractivity contribution >= 4 is 5.69 Å². The molecule has 1 saturated heterocycles. The highest BCUT2D eigenvalue weighted by atomic mass is 19.4. The van der Waals surface area contributed by atoms with Crippen LogP contribution in [0.15, 0.2) is 42.7 Å². The summed E-state index contributed by atoms with van der Waals surface area (Å²) in [5.41, 5.74) is 0.189. The number of anilines is 1. The van der Waals surface area contributed by atoms with Gasteiger partial charge in [-0.25, -0.2) is 0 Å². The van der Waals surface area contributed by atoms with E-state index in [4.69, 9.17) is 10.00 Å². The Morgan fingerprint density at radius 3 is 2.78 bits per heavy atom. The lowest BCUT2D eigenvalue weighted by atomic mass is 9.96. The van der Waals surface area contributed by atoms with Crippen LogP contribution < -0.4 is 4.90 Å². The van der Waals surface area contributed by atoms with Crippen LogP contribution in [0.25, 0.3) is 0 Å². The zero-order chi connectivity index (χ0) is 19.4. The van der Waals surface area contributed by atoms with Crippen molar-refractivity contribution in [1.82, 2.24) is 4.98 Å². The molecule has 0 saturated carbocycles. The van der Waals surface area contributed by atoms with Gasteiger partial charge in [0.05, 0.1) is 23.3 Å². The van der Waals surface area contributed by atoms with Crippen molar-refractivity contribution in [1.29, 1.82) is 5.26 Å². The van der Waals surface area contributed by atoms with Crippen molar-refractivity contribution in [3.63, 3.8) is 0 Å². The zero-order valence-corrected chi connectivity index (χ0v) is 14.9. The minimum absolute atomic E-state index is 0.0444. The largest absolute Gasteiger partial charge is 0.417 e. The summed E-state index contributed by atoms with van der Waals surface area (Å²) in [6.07, 6.45) is 0.151. The van der Waals surface area contributed by atoms with Crippen LogP contribution in [0.4, 0.5) is 18.9 Å². The summed E-state index contributed by atoms with van der Waals surface area (Å²) in [7, 11) is 0. The predicted octanol–water partition coefficient (Wildman–Crippen LogP) is 4.72. The van der Waals surface area contributed by atoms with Gasteiger partial charge in [0, 0.05) is 37.3 Å². The number of nitriles is 1. The lowest BCUT2D eigenvalue weighted by molar-refractivity contribution is -0.137. The zero-order valence-electron chi connectivity index (χ0n) is 14.9. The van der Waals surface area contributed by atoms with Gasteiger partial charge in [-0.1, -0.05) is 6.07 Å². The van der Waals surface area contributed by atoms with Crippen molar-refractivity contribution in [2.24, 2.45) is 0 Å². The molecule has 2 heterocycles. The third-order valence-corrected chi connectivity index (χ3v) is 4.85. The van der Waals surface area contributed by atoms with Crippen LogP contribution in [-0.2, 0) is 10.9 Å². The molecule has 0 spiro atoms. The van der Waals surface area contributed by atoms with Gasteiger partial charge in [0.1, 0.15) is 0 Å². The molecular weight excluding hydrogens is 355 g/mol. The number of halogens is 3. The number of rotatable bonds is 4. The molecule has 27 heavy (non-hydrogen) atoms. The highest BCUT2D eigenvalue weighted by Crippen LogP contribution is 2.37. The molecule has 142 valence electrons. The maximum Gasteiger partial charge on any atom is 0.417 e. The van der Waals surface area contributed by atoms with Gasteiger partial charge in [-0.05, 0) is 49.6 Å². The van der Waals surface area contributed by atoms with Crippen LogP contribution in [0.5, 0.6) is 0 Å². The Morgan fingerprint density at radius 1 is 1.33 bits per heavy atom. The molecule has 4 nitrogen and oxygen atoms in total. The van der Waals surface area contributed by atoms with E-state index in [2.05, 4.69) is 4.98 Å². The number of alkyl halides is 3. The summed E-state index contributed by atoms with van der Waals surface area (Å²) in [5, 5.41) is 8.99. The average molecular weight is 375 g/mol. The molecule has 0 aliphatic carbocycles. The van der Waals surface area contributed by atoms with Crippen molar-refractivity contribution < 1.29 is 17.9 Å². The van der Waals surface area contributed by atoms with Gasteiger partial charge in [0.25, 0.3) is 0 Å². The second-order valence-corrected chi connectivity index (χ2v) is 6.45. The second-order valence-electron chi connectivity index (χ2n) is 6.45. The first-order valence-electron chi connectivity index (χ1n) is 8.83. The molecule has 1 fully saturated rings. The van der Waals surface area contributed by atoms with Crippen LogP contribution in [-0.4, -0.2) is 24.2 Å². The highest BCUT2D eigenvalue weighted by molar-refractivity contribution is 5.55. The predicted molar refractivity (Wildman–Crippen MR) is 95.1 cm³/mol. The molecule has 7 heteroatoms. The summed E-state index contributed by atoms with van der Waals surface area (Å²) < 4.78 is 45.8. The van der Waals surface area contributed by atoms with Gasteiger partial charge in [0.2, 0.25) is 0 Å². The Labute approximate surface area is 156 Å². The van der Waals surface area contributed by atoms with Crippen LogP contribution in [0.3, 0.4) is 0 Å². The Morgan fingerprint density at radius 2 is 2.15 bits per heavy atom. The van der Waals surface area contributed by atoms with Gasteiger partial charge < -0.3 is 9.64 Å². The van der Waals surface area contributed by atoms with Gasteiger partial charge in [0.15, 0.2) is 0 Å². The van der Waals surface area contributed by atoms with Crippen molar-refractivity contribution in [3.05, 3.63) is 59.4 Å².